The maximum Gasteiger partial charge on any atom is 0.408 e. The molecular weight excluding hydrogens is 277 g/mol. The first kappa shape index (κ1) is 16.4. The number of carbonyl (C=O) groups is 2. The van der Waals surface area contributed by atoms with Crippen LogP contribution in [0.2, 0.25) is 0 Å². The van der Waals surface area contributed by atoms with Gasteiger partial charge in [0.2, 0.25) is 0 Å². The topological polar surface area (TPSA) is 64.6 Å². The quantitative estimate of drug-likeness (QED) is 0.670. The molecule has 0 aliphatic rings. The van der Waals surface area contributed by atoms with E-state index in [0.29, 0.717) is 18.5 Å². The highest BCUT2D eigenvalue weighted by molar-refractivity contribution is 7.10. The fourth-order valence-electron chi connectivity index (χ4n) is 1.55. The summed E-state index contributed by atoms with van der Waals surface area (Å²) >= 11 is 0. The molecule has 1 rings (SSSR count). The van der Waals surface area contributed by atoms with Crippen molar-refractivity contribution < 1.29 is 18.8 Å². The Hall–Kier alpha value is -1.61. The number of hydrogen-bond donors (Lipinski definition) is 1. The molecule has 0 aliphatic heterocycles. The van der Waals surface area contributed by atoms with Crippen molar-refractivity contribution in [1.29, 1.82) is 0 Å². The van der Waals surface area contributed by atoms with Gasteiger partial charge in [0, 0.05) is 0 Å². The summed E-state index contributed by atoms with van der Waals surface area (Å²) in [7, 11) is 2.16. The summed E-state index contributed by atoms with van der Waals surface area (Å²) in [5.74, 6) is 0.710. The van der Waals surface area contributed by atoms with Crippen LogP contribution in [0.4, 0.5) is 4.79 Å². The monoisotopic (exact) mass is 297 g/mol. The van der Waals surface area contributed by atoms with Crippen LogP contribution >= 0.6 is 9.47 Å². The number of aldehydes is 1. The number of alkyl carbamates (subject to hydrolysis) is 1. The Morgan fingerprint density at radius 3 is 2.40 bits per heavy atom. The lowest BCUT2D eigenvalue weighted by Crippen LogP contribution is -2.41. The van der Waals surface area contributed by atoms with Crippen LogP contribution in [0, 0.1) is 0 Å². The van der Waals surface area contributed by atoms with Gasteiger partial charge in [-0.25, -0.2) is 4.79 Å². The van der Waals surface area contributed by atoms with Crippen molar-refractivity contribution in [1.82, 2.24) is 5.32 Å². The van der Waals surface area contributed by atoms with E-state index in [0.717, 1.165) is 5.56 Å². The minimum atomic E-state index is -0.618. The molecule has 110 valence electrons. The first-order valence-corrected chi connectivity index (χ1v) is 6.71. The number of hydrogen-bond acceptors (Lipinski definition) is 4. The Morgan fingerprint density at radius 2 is 1.95 bits per heavy atom. The molecule has 0 spiro atoms. The molecule has 1 unspecified atom stereocenters. The molecule has 6 heteroatoms. The summed E-state index contributed by atoms with van der Waals surface area (Å²) in [4.78, 5) is 22.6. The first-order valence-electron chi connectivity index (χ1n) is 6.24. The molecule has 0 saturated heterocycles. The van der Waals surface area contributed by atoms with Crippen molar-refractivity contribution in [2.24, 2.45) is 0 Å². The smallest absolute Gasteiger partial charge is 0.408 e. The van der Waals surface area contributed by atoms with Crippen LogP contribution in [0.1, 0.15) is 26.3 Å². The molecule has 5 nitrogen and oxygen atoms in total. The molecule has 0 bridgehead atoms. The summed E-state index contributed by atoms with van der Waals surface area (Å²) in [5, 5.41) is 2.54. The van der Waals surface area contributed by atoms with Crippen LogP contribution in [0.15, 0.2) is 24.3 Å². The largest absolute Gasteiger partial charge is 0.480 e. The van der Waals surface area contributed by atoms with Crippen LogP contribution < -0.4 is 9.84 Å². The third-order valence-corrected chi connectivity index (χ3v) is 2.65. The van der Waals surface area contributed by atoms with Gasteiger partial charge >= 0.3 is 6.09 Å². The van der Waals surface area contributed by atoms with Crippen molar-refractivity contribution in [3.63, 3.8) is 0 Å². The summed E-state index contributed by atoms with van der Waals surface area (Å²) < 4.78 is 10.1. The van der Waals surface area contributed by atoms with E-state index in [1.54, 1.807) is 32.9 Å². The van der Waals surface area contributed by atoms with Gasteiger partial charge in [-0.2, -0.15) is 0 Å². The highest BCUT2D eigenvalue weighted by Gasteiger charge is 2.19. The minimum absolute atomic E-state index is 0.403. The second kappa shape index (κ2) is 7.25. The van der Waals surface area contributed by atoms with E-state index in [1.165, 1.54) is 0 Å². The first-order chi connectivity index (χ1) is 9.34. The van der Waals surface area contributed by atoms with Gasteiger partial charge in [-0.1, -0.05) is 12.1 Å². The SMILES string of the molecule is CC(C)(C)OC(=O)N[C@@H](C=O)Cc1ccc(OP)cc1. The Morgan fingerprint density at radius 1 is 1.35 bits per heavy atom. The van der Waals surface area contributed by atoms with Crippen LogP contribution in [-0.4, -0.2) is 24.0 Å². The number of ether oxygens (including phenoxy) is 1. The molecule has 0 aliphatic carbocycles. The van der Waals surface area contributed by atoms with E-state index in [9.17, 15) is 9.59 Å². The lowest BCUT2D eigenvalue weighted by Gasteiger charge is -2.21. The molecule has 20 heavy (non-hydrogen) atoms. The molecular formula is C14H20NO4P. The van der Waals surface area contributed by atoms with E-state index < -0.39 is 17.7 Å². The van der Waals surface area contributed by atoms with Gasteiger partial charge in [-0.15, -0.1) is 0 Å². The van der Waals surface area contributed by atoms with Gasteiger partial charge in [0.1, 0.15) is 17.6 Å². The lowest BCUT2D eigenvalue weighted by molar-refractivity contribution is -0.109. The Labute approximate surface area is 121 Å². The molecule has 1 amide bonds. The van der Waals surface area contributed by atoms with Gasteiger partial charge < -0.3 is 19.4 Å². The predicted octanol–water partition coefficient (Wildman–Crippen LogP) is 2.49. The van der Waals surface area contributed by atoms with E-state index >= 15 is 0 Å². The third kappa shape index (κ3) is 6.02. The molecule has 0 aromatic heterocycles. The van der Waals surface area contributed by atoms with Gasteiger partial charge in [0.25, 0.3) is 0 Å². The van der Waals surface area contributed by atoms with Crippen LogP contribution in [0.25, 0.3) is 0 Å². The van der Waals surface area contributed by atoms with E-state index in [4.69, 9.17) is 9.26 Å². The van der Waals surface area contributed by atoms with Gasteiger partial charge in [-0.3, -0.25) is 0 Å². The lowest BCUT2D eigenvalue weighted by atomic mass is 10.1. The third-order valence-electron chi connectivity index (χ3n) is 2.38. The van der Waals surface area contributed by atoms with Crippen LogP contribution in [0.5, 0.6) is 5.75 Å². The summed E-state index contributed by atoms with van der Waals surface area (Å²) in [6.07, 6.45) is 0.503. The number of benzene rings is 1. The predicted molar refractivity (Wildman–Crippen MR) is 79.7 cm³/mol. The summed E-state index contributed by atoms with van der Waals surface area (Å²) in [6, 6.07) is 6.64. The standard InChI is InChI=1S/C14H20NO4P/c1-14(2,3)18-13(17)15-11(9-16)8-10-4-6-12(19-20)7-5-10/h4-7,9,11H,8,20H2,1-3H3,(H,15,17)/t11-/m1/s1. The van der Waals surface area contributed by atoms with Crippen molar-refractivity contribution >= 4 is 21.8 Å². The fourth-order valence-corrected chi connectivity index (χ4v) is 1.71. The van der Waals surface area contributed by atoms with Gasteiger partial charge in [0.15, 0.2) is 0 Å². The second-order valence-electron chi connectivity index (χ2n) is 5.35. The molecule has 1 N–H and O–H groups in total. The number of rotatable bonds is 5. The molecule has 0 radical (unpaired) electrons. The molecule has 0 fully saturated rings. The minimum Gasteiger partial charge on any atom is -0.480 e. The summed E-state index contributed by atoms with van der Waals surface area (Å²) in [6.45, 7) is 5.30. The Kier molecular flexibility index (Phi) is 5.96. The molecule has 1 aromatic rings. The van der Waals surface area contributed by atoms with E-state index in [1.807, 2.05) is 12.1 Å². The van der Waals surface area contributed by atoms with Gasteiger partial charge in [0.05, 0.1) is 15.5 Å². The molecule has 0 saturated carbocycles. The molecule has 1 aromatic carbocycles. The molecule has 2 atom stereocenters. The van der Waals surface area contributed by atoms with Crippen LogP contribution in [-0.2, 0) is 16.0 Å². The Bertz CT molecular complexity index is 453. The van der Waals surface area contributed by atoms with E-state index in [-0.39, 0.29) is 0 Å². The highest BCUT2D eigenvalue weighted by Crippen LogP contribution is 2.15. The normalized spacial score (nSPS) is 12.4. The highest BCUT2D eigenvalue weighted by atomic mass is 31.0. The zero-order chi connectivity index (χ0) is 15.2. The summed E-state index contributed by atoms with van der Waals surface area (Å²) in [5.41, 5.74) is 0.332. The number of nitrogens with one attached hydrogen (secondary N) is 1. The maximum absolute atomic E-state index is 11.6. The van der Waals surface area contributed by atoms with Crippen LogP contribution in [0.3, 0.4) is 0 Å². The zero-order valence-electron chi connectivity index (χ0n) is 11.9. The maximum atomic E-state index is 11.6. The number of carbonyl (C=O) groups excluding carboxylic acids is 2. The Balaban J connectivity index is 2.58. The average molecular weight is 297 g/mol. The average Bonchev–Trinajstić information content (AvgIpc) is 2.36. The number of amides is 1. The van der Waals surface area contributed by atoms with Crippen molar-refractivity contribution in [2.75, 3.05) is 0 Å². The van der Waals surface area contributed by atoms with Gasteiger partial charge in [-0.05, 0) is 44.9 Å². The van der Waals surface area contributed by atoms with Crippen molar-refractivity contribution in [2.45, 2.75) is 38.8 Å². The fraction of sp³-hybridized carbons (Fsp3) is 0.429. The zero-order valence-corrected chi connectivity index (χ0v) is 13.0. The second-order valence-corrected chi connectivity index (χ2v) is 5.59. The van der Waals surface area contributed by atoms with Crippen molar-refractivity contribution in [3.05, 3.63) is 29.8 Å². The van der Waals surface area contributed by atoms with E-state index in [2.05, 4.69) is 14.8 Å². The molecule has 0 heterocycles. The van der Waals surface area contributed by atoms with Crippen molar-refractivity contribution in [3.8, 4) is 5.75 Å².